The number of rotatable bonds is 6. The van der Waals surface area contributed by atoms with E-state index in [4.69, 9.17) is 0 Å². The normalized spacial score (nSPS) is 17.2. The number of anilines is 1. The van der Waals surface area contributed by atoms with Crippen molar-refractivity contribution in [2.75, 3.05) is 37.5 Å². The van der Waals surface area contributed by atoms with E-state index in [9.17, 15) is 18.0 Å². The fourth-order valence-corrected chi connectivity index (χ4v) is 3.49. The monoisotopic (exact) mass is 371 g/mol. The number of amides is 2. The van der Waals surface area contributed by atoms with Crippen LogP contribution in [0.5, 0.6) is 0 Å². The molecule has 2 heterocycles. The molecule has 1 aliphatic heterocycles. The third kappa shape index (κ3) is 4.94. The number of likely N-dealkylation sites (N-methyl/N-ethyl adjacent to an activating group) is 1. The quantitative estimate of drug-likeness (QED) is 0.689. The predicted molar refractivity (Wildman–Crippen MR) is 93.8 cm³/mol. The Labute approximate surface area is 147 Å². The average Bonchev–Trinajstić information content (AvgIpc) is 2.96. The maximum Gasteiger partial charge on any atom is 0.245 e. The topological polar surface area (TPSA) is 113 Å². The molecule has 0 saturated carbocycles. The minimum atomic E-state index is -3.17. The molecule has 140 valence electrons. The lowest BCUT2D eigenvalue weighted by atomic mass is 9.86. The number of hydrogen-bond acceptors (Lipinski definition) is 6. The van der Waals surface area contributed by atoms with E-state index in [0.717, 1.165) is 6.26 Å². The zero-order chi connectivity index (χ0) is 18.7. The second kappa shape index (κ2) is 7.42. The lowest BCUT2D eigenvalue weighted by Crippen LogP contribution is -2.58. The van der Waals surface area contributed by atoms with Gasteiger partial charge < -0.3 is 15.5 Å². The first-order chi connectivity index (χ1) is 11.6. The lowest BCUT2D eigenvalue weighted by Gasteiger charge is -2.41. The van der Waals surface area contributed by atoms with Gasteiger partial charge in [-0.3, -0.25) is 14.3 Å². The molecule has 0 bridgehead atoms. The maximum atomic E-state index is 12.4. The summed E-state index contributed by atoms with van der Waals surface area (Å²) in [6.07, 6.45) is 3.72. The summed E-state index contributed by atoms with van der Waals surface area (Å²) in [6, 6.07) is 1.79. The van der Waals surface area contributed by atoms with Crippen LogP contribution < -0.4 is 10.6 Å². The van der Waals surface area contributed by atoms with Crippen LogP contribution in [0, 0.1) is 0 Å². The highest BCUT2D eigenvalue weighted by Gasteiger charge is 2.42. The van der Waals surface area contributed by atoms with Gasteiger partial charge in [0.25, 0.3) is 0 Å². The van der Waals surface area contributed by atoms with E-state index in [1.807, 2.05) is 0 Å². The Hall–Kier alpha value is -2.10. The van der Waals surface area contributed by atoms with Crippen molar-refractivity contribution in [3.63, 3.8) is 0 Å². The molecule has 0 spiro atoms. The first-order valence-corrected chi connectivity index (χ1v) is 10.2. The van der Waals surface area contributed by atoms with Crippen molar-refractivity contribution >= 4 is 27.5 Å². The molecule has 0 aliphatic carbocycles. The highest BCUT2D eigenvalue weighted by atomic mass is 32.2. The number of aromatic nitrogens is 2. The van der Waals surface area contributed by atoms with Crippen molar-refractivity contribution in [2.45, 2.75) is 24.8 Å². The van der Waals surface area contributed by atoms with Gasteiger partial charge in [0.05, 0.1) is 5.75 Å². The van der Waals surface area contributed by atoms with Gasteiger partial charge in [0, 0.05) is 52.1 Å². The lowest BCUT2D eigenvalue weighted by molar-refractivity contribution is -0.135. The van der Waals surface area contributed by atoms with Gasteiger partial charge in [0.2, 0.25) is 11.8 Å². The van der Waals surface area contributed by atoms with E-state index in [1.165, 1.54) is 0 Å². The Kier molecular flexibility index (Phi) is 5.71. The predicted octanol–water partition coefficient (Wildman–Crippen LogP) is -0.626. The van der Waals surface area contributed by atoms with Crippen molar-refractivity contribution in [1.29, 1.82) is 0 Å². The van der Waals surface area contributed by atoms with Gasteiger partial charge in [-0.15, -0.1) is 0 Å². The summed E-state index contributed by atoms with van der Waals surface area (Å²) in [4.78, 5) is 26.2. The van der Waals surface area contributed by atoms with Crippen molar-refractivity contribution < 1.29 is 18.0 Å². The number of nitrogens with one attached hydrogen (secondary N) is 2. The minimum Gasteiger partial charge on any atom is -0.357 e. The third-order valence-electron chi connectivity index (χ3n) is 4.40. The third-order valence-corrected chi connectivity index (χ3v) is 5.34. The standard InChI is InChI=1S/C15H25N5O4S/c1-16-14(22)15(17-12-4-8-19(2)18-12)6-9-20(10-7-15)13(21)5-11-25(3,23)24/h4,8H,5-7,9-11H2,1-3H3,(H,16,22)(H,17,18). The second-order valence-electron chi connectivity index (χ2n) is 6.42. The van der Waals surface area contributed by atoms with E-state index >= 15 is 0 Å². The van der Waals surface area contributed by atoms with Crippen molar-refractivity contribution in [3.05, 3.63) is 12.3 Å². The van der Waals surface area contributed by atoms with Gasteiger partial charge in [-0.1, -0.05) is 0 Å². The van der Waals surface area contributed by atoms with Crippen molar-refractivity contribution in [2.24, 2.45) is 7.05 Å². The molecule has 9 nitrogen and oxygen atoms in total. The molecule has 1 fully saturated rings. The van der Waals surface area contributed by atoms with E-state index in [-0.39, 0.29) is 24.0 Å². The zero-order valence-corrected chi connectivity index (χ0v) is 15.6. The van der Waals surface area contributed by atoms with Crippen LogP contribution in [0.25, 0.3) is 0 Å². The summed E-state index contributed by atoms with van der Waals surface area (Å²) in [5, 5.41) is 10.1. The Balaban J connectivity index is 2.03. The van der Waals surface area contributed by atoms with E-state index in [0.29, 0.717) is 31.7 Å². The Morgan fingerprint density at radius 3 is 2.44 bits per heavy atom. The summed E-state index contributed by atoms with van der Waals surface area (Å²) in [5.74, 6) is 0.0906. The summed E-state index contributed by atoms with van der Waals surface area (Å²) >= 11 is 0. The fraction of sp³-hybridized carbons (Fsp3) is 0.667. The van der Waals surface area contributed by atoms with Gasteiger partial charge in [0.15, 0.2) is 0 Å². The van der Waals surface area contributed by atoms with Gasteiger partial charge in [-0.05, 0) is 12.8 Å². The Bertz CT molecular complexity index is 735. The molecule has 25 heavy (non-hydrogen) atoms. The minimum absolute atomic E-state index is 0.0283. The molecule has 2 rings (SSSR count). The molecule has 10 heteroatoms. The van der Waals surface area contributed by atoms with Gasteiger partial charge in [-0.2, -0.15) is 5.10 Å². The first kappa shape index (κ1) is 19.2. The molecule has 1 aromatic rings. The number of aryl methyl sites for hydroxylation is 1. The second-order valence-corrected chi connectivity index (χ2v) is 8.68. The molecule has 1 aliphatic rings. The largest absolute Gasteiger partial charge is 0.357 e. The molecule has 1 aromatic heterocycles. The molecular formula is C15H25N5O4S. The number of carbonyl (C=O) groups excluding carboxylic acids is 2. The van der Waals surface area contributed by atoms with Crippen LogP contribution in [0.15, 0.2) is 12.3 Å². The summed E-state index contributed by atoms with van der Waals surface area (Å²) < 4.78 is 24.1. The van der Waals surface area contributed by atoms with Crippen LogP contribution in [-0.4, -0.2) is 72.6 Å². The maximum absolute atomic E-state index is 12.4. The summed E-state index contributed by atoms with van der Waals surface area (Å²) in [5.41, 5.74) is -0.837. The number of hydrogen-bond donors (Lipinski definition) is 2. The van der Waals surface area contributed by atoms with E-state index < -0.39 is 15.4 Å². The highest BCUT2D eigenvalue weighted by molar-refractivity contribution is 7.90. The number of nitrogens with zero attached hydrogens (tertiary/aromatic N) is 3. The zero-order valence-electron chi connectivity index (χ0n) is 14.8. The number of likely N-dealkylation sites (tertiary alicyclic amines) is 1. The number of piperidine rings is 1. The summed E-state index contributed by atoms with van der Waals surface area (Å²) in [6.45, 7) is 0.770. The molecule has 0 unspecified atom stereocenters. The Morgan fingerprint density at radius 2 is 1.96 bits per heavy atom. The van der Waals surface area contributed by atoms with Crippen LogP contribution in [0.1, 0.15) is 19.3 Å². The molecule has 2 amide bonds. The van der Waals surface area contributed by atoms with Gasteiger partial charge >= 0.3 is 0 Å². The molecule has 0 radical (unpaired) electrons. The average molecular weight is 371 g/mol. The smallest absolute Gasteiger partial charge is 0.245 e. The first-order valence-electron chi connectivity index (χ1n) is 8.11. The van der Waals surface area contributed by atoms with Crippen molar-refractivity contribution in [1.82, 2.24) is 20.0 Å². The van der Waals surface area contributed by atoms with Crippen LogP contribution in [0.3, 0.4) is 0 Å². The molecule has 2 N–H and O–H groups in total. The molecule has 0 atom stereocenters. The SMILES string of the molecule is CNC(=O)C1(Nc2ccn(C)n2)CCN(C(=O)CCS(C)(=O)=O)CC1. The Morgan fingerprint density at radius 1 is 1.32 bits per heavy atom. The van der Waals surface area contributed by atoms with Crippen LogP contribution in [0.4, 0.5) is 5.82 Å². The molecule has 0 aromatic carbocycles. The number of sulfone groups is 1. The number of carbonyl (C=O) groups is 2. The van der Waals surface area contributed by atoms with E-state index in [2.05, 4.69) is 15.7 Å². The van der Waals surface area contributed by atoms with Crippen LogP contribution in [-0.2, 0) is 26.5 Å². The van der Waals surface area contributed by atoms with Crippen LogP contribution >= 0.6 is 0 Å². The van der Waals surface area contributed by atoms with Gasteiger partial charge in [0.1, 0.15) is 21.2 Å². The van der Waals surface area contributed by atoms with Gasteiger partial charge in [-0.25, -0.2) is 8.42 Å². The van der Waals surface area contributed by atoms with E-state index in [1.54, 1.807) is 35.9 Å². The summed E-state index contributed by atoms with van der Waals surface area (Å²) in [7, 11) is 0.199. The van der Waals surface area contributed by atoms with Crippen LogP contribution in [0.2, 0.25) is 0 Å². The molecular weight excluding hydrogens is 346 g/mol. The fourth-order valence-electron chi connectivity index (χ4n) is 2.94. The highest BCUT2D eigenvalue weighted by Crippen LogP contribution is 2.27. The molecule has 1 saturated heterocycles. The van der Waals surface area contributed by atoms with Crippen molar-refractivity contribution in [3.8, 4) is 0 Å².